The third-order valence-electron chi connectivity index (χ3n) is 10.8. The van der Waals surface area contributed by atoms with Gasteiger partial charge in [-0.05, 0) is 152 Å². The lowest BCUT2D eigenvalue weighted by atomic mass is 9.91. The van der Waals surface area contributed by atoms with Crippen LogP contribution in [-0.2, 0) is 57.2 Å². The van der Waals surface area contributed by atoms with Crippen molar-refractivity contribution in [3.63, 3.8) is 0 Å². The van der Waals surface area contributed by atoms with E-state index in [1.165, 1.54) is 30.4 Å². The summed E-state index contributed by atoms with van der Waals surface area (Å²) in [7, 11) is 0. The first-order valence-corrected chi connectivity index (χ1v) is 24.0. The van der Waals surface area contributed by atoms with Gasteiger partial charge in [-0.25, -0.2) is 18.8 Å². The van der Waals surface area contributed by atoms with Crippen LogP contribution in [0.15, 0.2) is 83.4 Å². The largest absolute Gasteiger partial charge is 0.494 e. The fraction of sp³-hybridized carbons (Fsp3) is 0.455. The molecule has 0 heterocycles. The summed E-state index contributed by atoms with van der Waals surface area (Å²) >= 11 is 3.44. The predicted molar refractivity (Wildman–Crippen MR) is 273 cm³/mol. The minimum Gasteiger partial charge on any atom is -0.494 e. The molecule has 0 aliphatic rings. The quantitative estimate of drug-likeness (QED) is 0.0381. The van der Waals surface area contributed by atoms with Crippen molar-refractivity contribution in [3.8, 4) is 5.75 Å². The van der Waals surface area contributed by atoms with Crippen molar-refractivity contribution >= 4 is 70.0 Å². The molecule has 0 atom stereocenters. The topological polar surface area (TPSA) is 167 Å². The summed E-state index contributed by atoms with van der Waals surface area (Å²) in [6.07, 6.45) is 10.8. The second-order valence-electron chi connectivity index (χ2n) is 17.6. The van der Waals surface area contributed by atoms with Crippen LogP contribution in [0, 0.1) is 35.9 Å². The molecule has 0 aliphatic carbocycles. The molecule has 0 aromatic heterocycles. The van der Waals surface area contributed by atoms with Gasteiger partial charge in [0, 0.05) is 22.7 Å². The molecular formula is C55H72BrFO13. The summed E-state index contributed by atoms with van der Waals surface area (Å²) in [5.41, 5.74) is 2.44. The van der Waals surface area contributed by atoms with Gasteiger partial charge >= 0.3 is 35.8 Å². The lowest BCUT2D eigenvalue weighted by Crippen LogP contribution is -2.27. The van der Waals surface area contributed by atoms with Crippen molar-refractivity contribution in [1.29, 1.82) is 0 Å². The van der Waals surface area contributed by atoms with E-state index in [0.717, 1.165) is 26.9 Å². The Balaban J connectivity index is 0.000000525. The summed E-state index contributed by atoms with van der Waals surface area (Å²) in [5.74, 6) is -1.94. The summed E-state index contributed by atoms with van der Waals surface area (Å²) in [6, 6.07) is 17.9. The van der Waals surface area contributed by atoms with Crippen LogP contribution in [0.5, 0.6) is 5.75 Å². The lowest BCUT2D eigenvalue weighted by molar-refractivity contribution is -0.158. The molecule has 70 heavy (non-hydrogen) atoms. The number of benzene rings is 3. The van der Waals surface area contributed by atoms with E-state index in [2.05, 4.69) is 15.9 Å². The summed E-state index contributed by atoms with van der Waals surface area (Å²) in [4.78, 5) is 69.9. The zero-order valence-electron chi connectivity index (χ0n) is 42.9. The third-order valence-corrected chi connectivity index (χ3v) is 11.7. The fourth-order valence-corrected chi connectivity index (χ4v) is 5.15. The highest BCUT2D eigenvalue weighted by atomic mass is 79.9. The number of hydrogen-bond acceptors (Lipinski definition) is 13. The molecule has 0 radical (unpaired) electrons. The number of ether oxygens (including phenoxy) is 7. The summed E-state index contributed by atoms with van der Waals surface area (Å²) < 4.78 is 49.8. The average molecular weight is 1040 g/mol. The van der Waals surface area contributed by atoms with Crippen molar-refractivity contribution in [2.45, 2.75) is 102 Å². The minimum atomic E-state index is -0.572. The van der Waals surface area contributed by atoms with E-state index in [0.29, 0.717) is 37.0 Å². The van der Waals surface area contributed by atoms with Gasteiger partial charge in [0.25, 0.3) is 0 Å². The second-order valence-corrected chi connectivity index (χ2v) is 18.5. The smallest absolute Gasteiger partial charge is 0.330 e. The highest BCUT2D eigenvalue weighted by molar-refractivity contribution is 9.10. The molecule has 0 spiro atoms. The molecule has 13 nitrogen and oxygen atoms in total. The Morgan fingerprint density at radius 3 is 1.16 bits per heavy atom. The molecule has 0 bridgehead atoms. The highest BCUT2D eigenvalue weighted by Crippen LogP contribution is 2.23. The van der Waals surface area contributed by atoms with E-state index >= 15 is 0 Å². The van der Waals surface area contributed by atoms with Crippen molar-refractivity contribution in [3.05, 3.63) is 117 Å². The maximum absolute atomic E-state index is 13.4. The first kappa shape index (κ1) is 61.9. The van der Waals surface area contributed by atoms with Crippen LogP contribution in [0.1, 0.15) is 116 Å². The maximum atomic E-state index is 13.4. The molecule has 0 amide bonds. The first-order chi connectivity index (χ1) is 32.9. The number of carbonyl (C=O) groups excluding carboxylic acids is 6. The summed E-state index contributed by atoms with van der Waals surface area (Å²) in [6.45, 7) is 23.0. The van der Waals surface area contributed by atoms with Gasteiger partial charge < -0.3 is 33.2 Å². The monoisotopic (exact) mass is 1040 g/mol. The van der Waals surface area contributed by atoms with Crippen LogP contribution in [0.3, 0.4) is 0 Å². The van der Waals surface area contributed by atoms with Crippen LogP contribution in [0.25, 0.3) is 18.2 Å². The van der Waals surface area contributed by atoms with Crippen molar-refractivity contribution in [2.24, 2.45) is 16.2 Å². The van der Waals surface area contributed by atoms with Crippen LogP contribution in [0.4, 0.5) is 4.39 Å². The number of carbonyl (C=O) groups is 6. The average Bonchev–Trinajstić information content (AvgIpc) is 3.33. The van der Waals surface area contributed by atoms with Gasteiger partial charge in [-0.3, -0.25) is 14.4 Å². The molecule has 0 unspecified atom stereocenters. The molecule has 384 valence electrons. The van der Waals surface area contributed by atoms with Crippen molar-refractivity contribution in [2.75, 3.05) is 46.2 Å². The zero-order valence-corrected chi connectivity index (χ0v) is 44.5. The molecule has 0 fully saturated rings. The highest BCUT2D eigenvalue weighted by Gasteiger charge is 2.28. The van der Waals surface area contributed by atoms with Gasteiger partial charge in [0.1, 0.15) is 51.2 Å². The van der Waals surface area contributed by atoms with E-state index in [1.54, 1.807) is 45.1 Å². The summed E-state index contributed by atoms with van der Waals surface area (Å²) in [5, 5.41) is 0. The Morgan fingerprint density at radius 1 is 0.486 bits per heavy atom. The zero-order chi connectivity index (χ0) is 52.9. The normalized spacial score (nSPS) is 11.5. The molecule has 15 heteroatoms. The van der Waals surface area contributed by atoms with E-state index in [4.69, 9.17) is 33.2 Å². The van der Waals surface area contributed by atoms with E-state index in [-0.39, 0.29) is 63.4 Å². The van der Waals surface area contributed by atoms with Crippen LogP contribution in [-0.4, -0.2) is 82.1 Å². The molecule has 3 aromatic rings. The molecule has 0 saturated carbocycles. The molecule has 3 aromatic carbocycles. The lowest BCUT2D eigenvalue weighted by Gasteiger charge is -2.20. The van der Waals surface area contributed by atoms with E-state index in [1.807, 2.05) is 105 Å². The Bertz CT molecular complexity index is 2140. The SMILES string of the molecule is CCC(C)(C)C(=O)OCCOC(=O)/C=C/c1ccc(C)c(Br)c1.CCC(C)(C)C(=O)OCCOC(=O)/C=C/c1ccc(C)c(F)c1.CCOc1ccc(/C=C/C(=O)OCCOC(=O)C(C)(C)CC)cc1. The van der Waals surface area contributed by atoms with E-state index < -0.39 is 34.2 Å². The van der Waals surface area contributed by atoms with Crippen LogP contribution < -0.4 is 4.74 Å². The predicted octanol–water partition coefficient (Wildman–Crippen LogP) is 11.6. The van der Waals surface area contributed by atoms with Gasteiger partial charge in [0.15, 0.2) is 0 Å². The molecular weight excluding hydrogens is 967 g/mol. The number of esters is 6. The molecule has 0 aliphatic heterocycles. The van der Waals surface area contributed by atoms with Crippen LogP contribution >= 0.6 is 15.9 Å². The number of halogens is 2. The Labute approximate surface area is 422 Å². The molecule has 0 saturated heterocycles. The number of hydrogen-bond donors (Lipinski definition) is 0. The minimum absolute atomic E-state index is 0.0149. The van der Waals surface area contributed by atoms with E-state index in [9.17, 15) is 33.2 Å². The van der Waals surface area contributed by atoms with Gasteiger partial charge in [0.2, 0.25) is 0 Å². The maximum Gasteiger partial charge on any atom is 0.330 e. The Kier molecular flexibility index (Phi) is 28.2. The standard InChI is InChI=1S/C19H26O5.C18H23BrO4.C18H23FO4/c1-5-19(3,4)18(21)24-14-13-23-17(20)12-9-15-7-10-16(11-8-15)22-6-2;2*1-5-18(3,4)17(21)23-11-10-22-16(20)9-8-14-7-6-13(2)15(19)12-14/h7-12H,5-6,13-14H2,1-4H3;2*6-9,12H,5,10-11H2,1-4H3/b12-9+;2*9-8+. The fourth-order valence-electron chi connectivity index (χ4n) is 4.75. The van der Waals surface area contributed by atoms with Gasteiger partial charge in [-0.1, -0.05) is 73.1 Å². The van der Waals surface area contributed by atoms with Crippen molar-refractivity contribution < 1.29 is 66.3 Å². The van der Waals surface area contributed by atoms with Crippen LogP contribution in [0.2, 0.25) is 0 Å². The van der Waals surface area contributed by atoms with Gasteiger partial charge in [-0.15, -0.1) is 0 Å². The molecule has 3 rings (SSSR count). The van der Waals surface area contributed by atoms with Gasteiger partial charge in [0.05, 0.1) is 22.9 Å². The first-order valence-electron chi connectivity index (χ1n) is 23.2. The number of aryl methyl sites for hydroxylation is 2. The third kappa shape index (κ3) is 25.0. The van der Waals surface area contributed by atoms with Crippen molar-refractivity contribution in [1.82, 2.24) is 0 Å². The van der Waals surface area contributed by atoms with Gasteiger partial charge in [-0.2, -0.15) is 0 Å². The number of rotatable bonds is 23. The molecule has 0 N–H and O–H groups in total. The Hall–Kier alpha value is -6.09. The second kappa shape index (κ2) is 31.9. The Morgan fingerprint density at radius 2 is 0.814 bits per heavy atom.